The first-order chi connectivity index (χ1) is 10.1. The second-order valence-corrected chi connectivity index (χ2v) is 6.61. The van der Waals surface area contributed by atoms with Crippen LogP contribution in [0.2, 0.25) is 0 Å². The zero-order valence-electron chi connectivity index (χ0n) is 12.0. The van der Waals surface area contributed by atoms with Gasteiger partial charge >= 0.3 is 5.97 Å². The second-order valence-electron chi connectivity index (χ2n) is 5.59. The number of methoxy groups -OCH3 is 1. The van der Waals surface area contributed by atoms with Crippen molar-refractivity contribution in [2.24, 2.45) is 5.41 Å². The predicted octanol–water partition coefficient (Wildman–Crippen LogP) is 3.25. The zero-order valence-corrected chi connectivity index (χ0v) is 12.8. The summed E-state index contributed by atoms with van der Waals surface area (Å²) in [6.07, 6.45) is 4.47. The summed E-state index contributed by atoms with van der Waals surface area (Å²) in [7, 11) is 1.45. The van der Waals surface area contributed by atoms with Crippen LogP contribution >= 0.6 is 11.8 Å². The van der Waals surface area contributed by atoms with Gasteiger partial charge in [0.1, 0.15) is 0 Å². The lowest BCUT2D eigenvalue weighted by Crippen LogP contribution is -2.13. The minimum absolute atomic E-state index is 0.114. The van der Waals surface area contributed by atoms with Crippen LogP contribution in [0.1, 0.15) is 19.3 Å². The summed E-state index contributed by atoms with van der Waals surface area (Å²) >= 11 is 1.78. The Labute approximate surface area is 128 Å². The number of nitrogen functional groups attached to an aromatic ring is 1. The molecule has 1 aliphatic rings. The number of ether oxygens (including phenoxy) is 1. The molecule has 1 fully saturated rings. The molecule has 0 atom stereocenters. The fourth-order valence-electron chi connectivity index (χ4n) is 2.45. The molecule has 1 aromatic carbocycles. The predicted molar refractivity (Wildman–Crippen MR) is 85.2 cm³/mol. The highest BCUT2D eigenvalue weighted by atomic mass is 32.2. The molecule has 0 aliphatic heterocycles. The van der Waals surface area contributed by atoms with Crippen molar-refractivity contribution in [3.05, 3.63) is 30.5 Å². The molecular weight excluding hydrogens is 284 g/mol. The third-order valence-corrected chi connectivity index (χ3v) is 5.42. The van der Waals surface area contributed by atoms with Crippen LogP contribution < -0.4 is 5.73 Å². The van der Waals surface area contributed by atoms with E-state index in [0.29, 0.717) is 12.1 Å². The fourth-order valence-corrected chi connectivity index (χ4v) is 3.79. The first-order valence-corrected chi connectivity index (χ1v) is 7.95. The van der Waals surface area contributed by atoms with E-state index >= 15 is 0 Å². The standard InChI is InChI=1S/C16H18N2O2S/c1-20-14(19)9-16(6-7-16)10-21-13-5-4-12(17)15-11(13)3-2-8-18-15/h2-5,8H,6-7,9-10,17H2,1H3. The van der Waals surface area contributed by atoms with E-state index in [1.807, 2.05) is 24.3 Å². The van der Waals surface area contributed by atoms with E-state index in [2.05, 4.69) is 4.98 Å². The Morgan fingerprint density at radius 1 is 1.43 bits per heavy atom. The number of aromatic nitrogens is 1. The number of thioether (sulfide) groups is 1. The number of carbonyl (C=O) groups is 1. The van der Waals surface area contributed by atoms with E-state index in [9.17, 15) is 4.79 Å². The normalized spacial score (nSPS) is 15.9. The Kier molecular flexibility index (Phi) is 3.76. The van der Waals surface area contributed by atoms with Gasteiger partial charge in [-0.25, -0.2) is 0 Å². The summed E-state index contributed by atoms with van der Waals surface area (Å²) in [5.41, 5.74) is 7.64. The van der Waals surface area contributed by atoms with Gasteiger partial charge in [-0.3, -0.25) is 9.78 Å². The number of benzene rings is 1. The van der Waals surface area contributed by atoms with Gasteiger partial charge in [0.05, 0.1) is 24.7 Å². The summed E-state index contributed by atoms with van der Waals surface area (Å²) in [5.74, 6) is 0.813. The average Bonchev–Trinajstić information content (AvgIpc) is 3.27. The molecule has 0 bridgehead atoms. The molecule has 1 heterocycles. The molecule has 0 unspecified atom stereocenters. The molecule has 0 saturated heterocycles. The largest absolute Gasteiger partial charge is 0.469 e. The van der Waals surface area contributed by atoms with E-state index in [0.717, 1.165) is 29.5 Å². The van der Waals surface area contributed by atoms with Crippen LogP contribution in [0.3, 0.4) is 0 Å². The van der Waals surface area contributed by atoms with E-state index in [1.54, 1.807) is 18.0 Å². The smallest absolute Gasteiger partial charge is 0.306 e. The highest BCUT2D eigenvalue weighted by Gasteiger charge is 2.44. The highest BCUT2D eigenvalue weighted by molar-refractivity contribution is 7.99. The van der Waals surface area contributed by atoms with Gasteiger partial charge < -0.3 is 10.5 Å². The molecule has 0 radical (unpaired) electrons. The average molecular weight is 302 g/mol. The van der Waals surface area contributed by atoms with Crippen molar-refractivity contribution >= 4 is 34.3 Å². The third kappa shape index (κ3) is 2.97. The minimum atomic E-state index is -0.114. The molecule has 1 aromatic heterocycles. The molecule has 5 heteroatoms. The van der Waals surface area contributed by atoms with Crippen LogP contribution in [0.25, 0.3) is 10.9 Å². The maximum atomic E-state index is 11.5. The van der Waals surface area contributed by atoms with Gasteiger partial charge in [-0.1, -0.05) is 6.07 Å². The number of hydrogen-bond donors (Lipinski definition) is 1. The number of nitrogens with zero attached hydrogens (tertiary/aromatic N) is 1. The molecule has 0 spiro atoms. The molecule has 1 aliphatic carbocycles. The van der Waals surface area contributed by atoms with Gasteiger partial charge in [0.15, 0.2) is 0 Å². The highest BCUT2D eigenvalue weighted by Crippen LogP contribution is 2.52. The van der Waals surface area contributed by atoms with Crippen LogP contribution in [0.15, 0.2) is 35.4 Å². The van der Waals surface area contributed by atoms with Crippen LogP contribution in [0.5, 0.6) is 0 Å². The fraction of sp³-hybridized carbons (Fsp3) is 0.375. The maximum Gasteiger partial charge on any atom is 0.306 e. The van der Waals surface area contributed by atoms with Gasteiger partial charge in [-0.15, -0.1) is 11.8 Å². The van der Waals surface area contributed by atoms with Crippen molar-refractivity contribution in [1.82, 2.24) is 4.98 Å². The van der Waals surface area contributed by atoms with Crippen molar-refractivity contribution < 1.29 is 9.53 Å². The summed E-state index contributed by atoms with van der Waals surface area (Å²) in [5, 5.41) is 1.08. The van der Waals surface area contributed by atoms with Gasteiger partial charge in [0, 0.05) is 22.2 Å². The molecular formula is C16H18N2O2S. The number of hydrogen-bond acceptors (Lipinski definition) is 5. The van der Waals surface area contributed by atoms with Crippen molar-refractivity contribution in [2.75, 3.05) is 18.6 Å². The van der Waals surface area contributed by atoms with Gasteiger partial charge in [0.2, 0.25) is 0 Å². The van der Waals surface area contributed by atoms with E-state index in [1.165, 1.54) is 12.0 Å². The molecule has 21 heavy (non-hydrogen) atoms. The Hall–Kier alpha value is -1.75. The van der Waals surface area contributed by atoms with Crippen LogP contribution in [0, 0.1) is 5.41 Å². The van der Waals surface area contributed by atoms with Gasteiger partial charge in [-0.2, -0.15) is 0 Å². The lowest BCUT2D eigenvalue weighted by molar-refractivity contribution is -0.141. The molecule has 2 N–H and O–H groups in total. The summed E-state index contributed by atoms with van der Waals surface area (Å²) < 4.78 is 4.79. The first kappa shape index (κ1) is 14.2. The Morgan fingerprint density at radius 2 is 2.24 bits per heavy atom. The zero-order chi connectivity index (χ0) is 14.9. The van der Waals surface area contributed by atoms with Gasteiger partial charge in [-0.05, 0) is 36.5 Å². The van der Waals surface area contributed by atoms with Crippen molar-refractivity contribution in [3.63, 3.8) is 0 Å². The molecule has 1 saturated carbocycles. The van der Waals surface area contributed by atoms with Crippen molar-refractivity contribution in [2.45, 2.75) is 24.2 Å². The van der Waals surface area contributed by atoms with Crippen LogP contribution in [-0.2, 0) is 9.53 Å². The summed E-state index contributed by atoms with van der Waals surface area (Å²) in [4.78, 5) is 17.0. The second kappa shape index (κ2) is 5.56. The monoisotopic (exact) mass is 302 g/mol. The Morgan fingerprint density at radius 3 is 2.95 bits per heavy atom. The number of pyridine rings is 1. The molecule has 4 nitrogen and oxygen atoms in total. The number of nitrogens with two attached hydrogens (primary N) is 1. The number of fused-ring (bicyclic) bond motifs is 1. The van der Waals surface area contributed by atoms with Crippen LogP contribution in [0.4, 0.5) is 5.69 Å². The summed E-state index contributed by atoms with van der Waals surface area (Å²) in [6.45, 7) is 0. The molecule has 0 amide bonds. The number of esters is 1. The van der Waals surface area contributed by atoms with Gasteiger partial charge in [0.25, 0.3) is 0 Å². The minimum Gasteiger partial charge on any atom is -0.469 e. The van der Waals surface area contributed by atoms with E-state index in [4.69, 9.17) is 10.5 Å². The number of carbonyl (C=O) groups excluding carboxylic acids is 1. The molecule has 2 aromatic rings. The number of rotatable bonds is 5. The Bertz CT molecular complexity index is 683. The maximum absolute atomic E-state index is 11.5. The van der Waals surface area contributed by atoms with Crippen molar-refractivity contribution in [1.29, 1.82) is 0 Å². The van der Waals surface area contributed by atoms with Crippen molar-refractivity contribution in [3.8, 4) is 0 Å². The quantitative estimate of drug-likeness (QED) is 0.522. The van der Waals surface area contributed by atoms with Crippen LogP contribution in [-0.4, -0.2) is 23.8 Å². The lowest BCUT2D eigenvalue weighted by Gasteiger charge is -2.14. The number of anilines is 1. The Balaban J connectivity index is 1.77. The van der Waals surface area contributed by atoms with E-state index < -0.39 is 0 Å². The topological polar surface area (TPSA) is 65.2 Å². The molecule has 3 rings (SSSR count). The molecule has 110 valence electrons. The first-order valence-electron chi connectivity index (χ1n) is 6.96. The third-order valence-electron chi connectivity index (χ3n) is 4.00. The lowest BCUT2D eigenvalue weighted by atomic mass is 10.1. The summed E-state index contributed by atoms with van der Waals surface area (Å²) in [6, 6.07) is 7.91. The van der Waals surface area contributed by atoms with E-state index in [-0.39, 0.29) is 11.4 Å². The SMILES string of the molecule is COC(=O)CC1(CSc2ccc(N)c3ncccc23)CC1.